The third-order valence-electron chi connectivity index (χ3n) is 3.52. The van der Waals surface area contributed by atoms with E-state index in [1.165, 1.54) is 6.07 Å². The number of hydrogen-bond donors (Lipinski definition) is 0. The van der Waals surface area contributed by atoms with Gasteiger partial charge in [-0.05, 0) is 36.3 Å². The maximum Gasteiger partial charge on any atom is 0.270 e. The average molecular weight is 356 g/mol. The lowest BCUT2D eigenvalue weighted by atomic mass is 10.1. The predicted octanol–water partition coefficient (Wildman–Crippen LogP) is 4.58. The van der Waals surface area contributed by atoms with Gasteiger partial charge in [-0.3, -0.25) is 0 Å². The minimum Gasteiger partial charge on any atom is -0.238 e. The van der Waals surface area contributed by atoms with Crippen LogP contribution in [0.2, 0.25) is 5.02 Å². The molecule has 1 heterocycles. The fourth-order valence-electron chi connectivity index (χ4n) is 2.60. The molecule has 3 rings (SSSR count). The van der Waals surface area contributed by atoms with E-state index in [-0.39, 0.29) is 15.6 Å². The highest BCUT2D eigenvalue weighted by molar-refractivity contribution is 7.93. The zero-order chi connectivity index (χ0) is 16.8. The average Bonchev–Trinajstić information content (AvgIpc) is 2.44. The number of halogens is 3. The molecule has 0 bridgehead atoms. The van der Waals surface area contributed by atoms with Gasteiger partial charge in [0.05, 0.1) is 10.7 Å². The van der Waals surface area contributed by atoms with Crippen LogP contribution in [0.25, 0.3) is 6.08 Å². The number of sulfonamides is 1. The van der Waals surface area contributed by atoms with Crippen molar-refractivity contribution >= 4 is 33.4 Å². The minimum absolute atomic E-state index is 0.0655. The standard InChI is InChI=1S/C16H12ClF2NO2S/c1-2-13-6-10-4-3-5-15(17)16(10)23(21,22)20(13)14-8-11(18)7-12(19)9-14/h3-9H,2H2,1H3. The van der Waals surface area contributed by atoms with E-state index in [0.29, 0.717) is 23.7 Å². The third-order valence-corrected chi connectivity index (χ3v) is 5.85. The van der Waals surface area contributed by atoms with Gasteiger partial charge >= 0.3 is 0 Å². The van der Waals surface area contributed by atoms with Crippen molar-refractivity contribution in [3.63, 3.8) is 0 Å². The van der Waals surface area contributed by atoms with E-state index in [1.807, 2.05) is 0 Å². The van der Waals surface area contributed by atoms with Crippen LogP contribution >= 0.6 is 11.6 Å². The molecule has 0 aliphatic carbocycles. The Morgan fingerprint density at radius 3 is 2.39 bits per heavy atom. The lowest BCUT2D eigenvalue weighted by molar-refractivity contribution is 0.581. The molecule has 0 radical (unpaired) electrons. The Kier molecular flexibility index (Phi) is 3.90. The van der Waals surface area contributed by atoms with E-state index in [2.05, 4.69) is 0 Å². The van der Waals surface area contributed by atoms with E-state index in [1.54, 1.807) is 25.1 Å². The van der Waals surface area contributed by atoms with E-state index < -0.39 is 21.7 Å². The van der Waals surface area contributed by atoms with Crippen molar-refractivity contribution in [3.05, 3.63) is 64.3 Å². The van der Waals surface area contributed by atoms with Crippen molar-refractivity contribution < 1.29 is 17.2 Å². The first-order valence-corrected chi connectivity index (χ1v) is 8.67. The van der Waals surface area contributed by atoms with Crippen LogP contribution in [0, 0.1) is 11.6 Å². The smallest absolute Gasteiger partial charge is 0.238 e. The van der Waals surface area contributed by atoms with Crippen LogP contribution in [0.5, 0.6) is 0 Å². The van der Waals surface area contributed by atoms with E-state index in [9.17, 15) is 17.2 Å². The van der Waals surface area contributed by atoms with Gasteiger partial charge in [-0.1, -0.05) is 30.7 Å². The predicted molar refractivity (Wildman–Crippen MR) is 85.7 cm³/mol. The van der Waals surface area contributed by atoms with E-state index in [4.69, 9.17) is 11.6 Å². The molecule has 1 aliphatic rings. The van der Waals surface area contributed by atoms with Crippen molar-refractivity contribution in [2.45, 2.75) is 18.2 Å². The molecule has 23 heavy (non-hydrogen) atoms. The molecule has 0 spiro atoms. The molecule has 0 amide bonds. The summed E-state index contributed by atoms with van der Waals surface area (Å²) < 4.78 is 54.0. The molecule has 120 valence electrons. The molecule has 3 nitrogen and oxygen atoms in total. The van der Waals surface area contributed by atoms with Gasteiger partial charge in [0.2, 0.25) is 0 Å². The molecule has 0 N–H and O–H groups in total. The van der Waals surface area contributed by atoms with Crippen molar-refractivity contribution in [1.82, 2.24) is 0 Å². The van der Waals surface area contributed by atoms with Gasteiger partial charge in [0.15, 0.2) is 0 Å². The second-order valence-electron chi connectivity index (χ2n) is 5.04. The minimum atomic E-state index is -4.06. The van der Waals surface area contributed by atoms with Crippen LogP contribution in [0.3, 0.4) is 0 Å². The Morgan fingerprint density at radius 1 is 1.13 bits per heavy atom. The fourth-order valence-corrected chi connectivity index (χ4v) is 4.87. The van der Waals surface area contributed by atoms with E-state index in [0.717, 1.165) is 16.4 Å². The molecule has 0 fully saturated rings. The Bertz CT molecular complexity index is 905. The Hall–Kier alpha value is -1.92. The lowest BCUT2D eigenvalue weighted by Crippen LogP contribution is -2.33. The first-order valence-electron chi connectivity index (χ1n) is 6.85. The molecule has 0 aromatic heterocycles. The highest BCUT2D eigenvalue weighted by atomic mass is 35.5. The SMILES string of the molecule is CCC1=Cc2cccc(Cl)c2S(=O)(=O)N1c1cc(F)cc(F)c1. The summed E-state index contributed by atoms with van der Waals surface area (Å²) in [6, 6.07) is 7.40. The molecular weight excluding hydrogens is 344 g/mol. The summed E-state index contributed by atoms with van der Waals surface area (Å²) in [6.07, 6.45) is 2.02. The monoisotopic (exact) mass is 355 g/mol. The second kappa shape index (κ2) is 5.62. The summed E-state index contributed by atoms with van der Waals surface area (Å²) in [7, 11) is -4.06. The summed E-state index contributed by atoms with van der Waals surface area (Å²) >= 11 is 6.05. The number of nitrogens with zero attached hydrogens (tertiary/aromatic N) is 1. The highest BCUT2D eigenvalue weighted by Gasteiger charge is 2.35. The zero-order valence-corrected chi connectivity index (χ0v) is 13.6. The van der Waals surface area contributed by atoms with Gasteiger partial charge in [-0.15, -0.1) is 0 Å². The van der Waals surface area contributed by atoms with Gasteiger partial charge in [0.1, 0.15) is 16.5 Å². The Morgan fingerprint density at radius 2 is 1.78 bits per heavy atom. The molecule has 0 atom stereocenters. The van der Waals surface area contributed by atoms with Crippen molar-refractivity contribution in [2.75, 3.05) is 4.31 Å². The summed E-state index contributed by atoms with van der Waals surface area (Å²) in [5.74, 6) is -1.70. The van der Waals surface area contributed by atoms with Crippen LogP contribution in [0.1, 0.15) is 18.9 Å². The van der Waals surface area contributed by atoms with Crippen LogP contribution in [-0.4, -0.2) is 8.42 Å². The number of benzene rings is 2. The first kappa shape index (κ1) is 16.0. The Labute approximate surface area is 137 Å². The van der Waals surface area contributed by atoms with Crippen molar-refractivity contribution in [1.29, 1.82) is 0 Å². The number of allylic oxidation sites excluding steroid dienone is 1. The van der Waals surface area contributed by atoms with Gasteiger partial charge in [-0.25, -0.2) is 21.5 Å². The van der Waals surface area contributed by atoms with E-state index >= 15 is 0 Å². The molecule has 0 saturated carbocycles. The summed E-state index contributed by atoms with van der Waals surface area (Å²) in [6.45, 7) is 1.76. The first-order chi connectivity index (χ1) is 10.8. The maximum atomic E-state index is 13.5. The van der Waals surface area contributed by atoms with Gasteiger partial charge in [-0.2, -0.15) is 0 Å². The topological polar surface area (TPSA) is 37.4 Å². The number of rotatable bonds is 2. The molecule has 2 aromatic rings. The molecule has 1 aliphatic heterocycles. The zero-order valence-electron chi connectivity index (χ0n) is 12.1. The summed E-state index contributed by atoms with van der Waals surface area (Å²) in [5, 5.41) is 0.0655. The highest BCUT2D eigenvalue weighted by Crippen LogP contribution is 2.39. The number of hydrogen-bond acceptors (Lipinski definition) is 2. The molecule has 0 unspecified atom stereocenters. The quantitative estimate of drug-likeness (QED) is 0.790. The Balaban J connectivity index is 2.31. The summed E-state index contributed by atoms with van der Waals surface area (Å²) in [4.78, 5) is -0.0662. The van der Waals surface area contributed by atoms with Crippen LogP contribution in [0.15, 0.2) is 47.0 Å². The number of fused-ring (bicyclic) bond motifs is 1. The van der Waals surface area contributed by atoms with Crippen LogP contribution in [0.4, 0.5) is 14.5 Å². The van der Waals surface area contributed by atoms with Crippen LogP contribution in [-0.2, 0) is 10.0 Å². The molecule has 0 saturated heterocycles. The lowest BCUT2D eigenvalue weighted by Gasteiger charge is -2.31. The van der Waals surface area contributed by atoms with Crippen LogP contribution < -0.4 is 4.31 Å². The third kappa shape index (κ3) is 2.62. The maximum absolute atomic E-state index is 13.5. The number of anilines is 1. The summed E-state index contributed by atoms with van der Waals surface area (Å²) in [5.41, 5.74) is 0.772. The molecule has 2 aromatic carbocycles. The fraction of sp³-hybridized carbons (Fsp3) is 0.125. The van der Waals surface area contributed by atoms with Gasteiger partial charge < -0.3 is 0 Å². The second-order valence-corrected chi connectivity index (χ2v) is 7.18. The normalized spacial score (nSPS) is 16.0. The van der Waals surface area contributed by atoms with Crippen molar-refractivity contribution in [2.24, 2.45) is 0 Å². The van der Waals surface area contributed by atoms with Gasteiger partial charge in [0.25, 0.3) is 10.0 Å². The molecule has 7 heteroatoms. The van der Waals surface area contributed by atoms with Crippen molar-refractivity contribution in [3.8, 4) is 0 Å². The molecular formula is C16H12ClF2NO2S. The largest absolute Gasteiger partial charge is 0.270 e. The van der Waals surface area contributed by atoms with Gasteiger partial charge in [0, 0.05) is 11.8 Å².